The Bertz CT molecular complexity index is 1250. The highest BCUT2D eigenvalue weighted by Gasteiger charge is 2.15. The van der Waals surface area contributed by atoms with Crippen molar-refractivity contribution in [2.24, 2.45) is 5.73 Å². The lowest BCUT2D eigenvalue weighted by molar-refractivity contribution is -0.113. The first-order valence-corrected chi connectivity index (χ1v) is 10.1. The maximum absolute atomic E-state index is 12.3. The summed E-state index contributed by atoms with van der Waals surface area (Å²) in [4.78, 5) is 24.0. The number of benzene rings is 3. The molecule has 150 valence electrons. The van der Waals surface area contributed by atoms with Gasteiger partial charge in [0.05, 0.1) is 17.0 Å². The monoisotopic (exact) mass is 418 g/mol. The molecular weight excluding hydrogens is 400 g/mol. The lowest BCUT2D eigenvalue weighted by atomic mass is 10.1. The number of anilines is 1. The molecule has 0 saturated heterocycles. The van der Waals surface area contributed by atoms with E-state index in [0.717, 1.165) is 28.1 Å². The first kappa shape index (κ1) is 19.7. The Morgan fingerprint density at radius 1 is 1.03 bits per heavy atom. The quantitative estimate of drug-likeness (QED) is 0.457. The largest absolute Gasteiger partial charge is 0.411 e. The van der Waals surface area contributed by atoms with Crippen LogP contribution >= 0.6 is 11.8 Å². The molecule has 1 heterocycles. The highest BCUT2D eigenvalue weighted by Crippen LogP contribution is 2.26. The Balaban J connectivity index is 1.43. The van der Waals surface area contributed by atoms with E-state index in [4.69, 9.17) is 10.2 Å². The van der Waals surface area contributed by atoms with E-state index in [0.29, 0.717) is 22.7 Å². The van der Waals surface area contributed by atoms with E-state index in [1.54, 1.807) is 25.1 Å². The smallest absolute Gasteiger partial charge is 0.277 e. The summed E-state index contributed by atoms with van der Waals surface area (Å²) >= 11 is 1.12. The number of nitrogens with zero attached hydrogens (tertiary/aromatic N) is 2. The average molecular weight is 418 g/mol. The summed E-state index contributed by atoms with van der Waals surface area (Å²) in [6.45, 7) is 1.76. The Hall–Kier alpha value is -3.65. The Labute approximate surface area is 176 Å². The van der Waals surface area contributed by atoms with Gasteiger partial charge in [0, 0.05) is 5.56 Å². The number of thioether (sulfide) groups is 1. The minimum Gasteiger partial charge on any atom is -0.411 e. The van der Waals surface area contributed by atoms with Crippen molar-refractivity contribution in [3.8, 4) is 11.5 Å². The van der Waals surface area contributed by atoms with Crippen LogP contribution in [0.1, 0.15) is 15.9 Å². The summed E-state index contributed by atoms with van der Waals surface area (Å²) in [5.41, 5.74) is 7.61. The first-order chi connectivity index (χ1) is 14.5. The normalized spacial score (nSPS) is 10.8. The second kappa shape index (κ2) is 8.38. The molecule has 0 bridgehead atoms. The van der Waals surface area contributed by atoms with Crippen LogP contribution in [0.25, 0.3) is 22.2 Å². The molecular formula is C22H18N4O3S. The van der Waals surface area contributed by atoms with E-state index in [2.05, 4.69) is 15.5 Å². The molecule has 0 atom stereocenters. The van der Waals surface area contributed by atoms with E-state index in [9.17, 15) is 9.59 Å². The van der Waals surface area contributed by atoms with Gasteiger partial charge >= 0.3 is 0 Å². The van der Waals surface area contributed by atoms with Gasteiger partial charge in [0.1, 0.15) is 0 Å². The van der Waals surface area contributed by atoms with Gasteiger partial charge in [-0.1, -0.05) is 54.2 Å². The maximum Gasteiger partial charge on any atom is 0.277 e. The zero-order valence-corrected chi connectivity index (χ0v) is 16.9. The molecule has 3 N–H and O–H groups in total. The number of aryl methyl sites for hydroxylation is 1. The summed E-state index contributed by atoms with van der Waals surface area (Å²) in [7, 11) is 0. The first-order valence-electron chi connectivity index (χ1n) is 9.16. The second-order valence-electron chi connectivity index (χ2n) is 6.63. The number of nitrogens with one attached hydrogen (secondary N) is 1. The summed E-state index contributed by atoms with van der Waals surface area (Å²) in [6.07, 6.45) is 0. The molecule has 7 nitrogen and oxygen atoms in total. The van der Waals surface area contributed by atoms with Gasteiger partial charge < -0.3 is 15.5 Å². The summed E-state index contributed by atoms with van der Waals surface area (Å²) in [5, 5.41) is 13.3. The van der Waals surface area contributed by atoms with Crippen molar-refractivity contribution in [1.29, 1.82) is 0 Å². The minimum absolute atomic E-state index is 0.0471. The van der Waals surface area contributed by atoms with Crippen LogP contribution in [-0.4, -0.2) is 27.8 Å². The predicted molar refractivity (Wildman–Crippen MR) is 116 cm³/mol. The number of aromatic nitrogens is 2. The van der Waals surface area contributed by atoms with Gasteiger partial charge in [0.15, 0.2) is 0 Å². The molecule has 2 amide bonds. The summed E-state index contributed by atoms with van der Waals surface area (Å²) < 4.78 is 5.69. The molecule has 30 heavy (non-hydrogen) atoms. The van der Waals surface area contributed by atoms with Gasteiger partial charge in [-0.25, -0.2) is 0 Å². The van der Waals surface area contributed by atoms with E-state index in [1.165, 1.54) is 0 Å². The number of hydrogen-bond donors (Lipinski definition) is 2. The van der Waals surface area contributed by atoms with Crippen LogP contribution in [-0.2, 0) is 4.79 Å². The predicted octanol–water partition coefficient (Wildman–Crippen LogP) is 4.03. The van der Waals surface area contributed by atoms with Gasteiger partial charge in [-0.3, -0.25) is 9.59 Å². The molecule has 0 aliphatic carbocycles. The minimum atomic E-state index is -0.590. The standard InChI is InChI=1S/C22H18N4O3S/c1-13-5-4-8-17(19(13)20(23)28)24-18(27)12-30-22-26-25-21(29-22)16-10-9-14-6-2-3-7-15(14)11-16/h2-11H,12H2,1H3,(H2,23,28)(H,24,27). The zero-order valence-electron chi connectivity index (χ0n) is 16.1. The average Bonchev–Trinajstić information content (AvgIpc) is 3.21. The second-order valence-corrected chi connectivity index (χ2v) is 7.56. The molecule has 0 aliphatic rings. The van der Waals surface area contributed by atoms with E-state index in [-0.39, 0.29) is 16.9 Å². The maximum atomic E-state index is 12.3. The highest BCUT2D eigenvalue weighted by atomic mass is 32.2. The Morgan fingerprint density at radius 2 is 1.83 bits per heavy atom. The van der Waals surface area contributed by atoms with Crippen LogP contribution in [0.4, 0.5) is 5.69 Å². The molecule has 4 aromatic rings. The fourth-order valence-corrected chi connectivity index (χ4v) is 3.68. The Kier molecular flexibility index (Phi) is 5.49. The number of primary amides is 1. The van der Waals surface area contributed by atoms with Crippen molar-refractivity contribution >= 4 is 40.0 Å². The van der Waals surface area contributed by atoms with Crippen LogP contribution in [0.15, 0.2) is 70.3 Å². The molecule has 0 spiro atoms. The van der Waals surface area contributed by atoms with Crippen molar-refractivity contribution in [2.75, 3.05) is 11.1 Å². The van der Waals surface area contributed by atoms with Crippen molar-refractivity contribution < 1.29 is 14.0 Å². The van der Waals surface area contributed by atoms with Crippen molar-refractivity contribution in [1.82, 2.24) is 10.2 Å². The molecule has 0 fully saturated rings. The van der Waals surface area contributed by atoms with Gasteiger partial charge in [-0.05, 0) is 41.5 Å². The number of carbonyl (C=O) groups is 2. The summed E-state index contributed by atoms with van der Waals surface area (Å²) in [6, 6.07) is 19.0. The lowest BCUT2D eigenvalue weighted by Crippen LogP contribution is -2.20. The van der Waals surface area contributed by atoms with Gasteiger partial charge in [0.2, 0.25) is 11.8 Å². The number of hydrogen-bond acceptors (Lipinski definition) is 6. The van der Waals surface area contributed by atoms with Crippen LogP contribution in [0, 0.1) is 6.92 Å². The molecule has 3 aromatic carbocycles. The Morgan fingerprint density at radius 3 is 2.63 bits per heavy atom. The van der Waals surface area contributed by atoms with E-state index in [1.807, 2.05) is 42.5 Å². The third-order valence-electron chi connectivity index (χ3n) is 4.52. The SMILES string of the molecule is Cc1cccc(NC(=O)CSc2nnc(-c3ccc4ccccc4c3)o2)c1C(N)=O. The van der Waals surface area contributed by atoms with Crippen LogP contribution in [0.3, 0.4) is 0 Å². The summed E-state index contributed by atoms with van der Waals surface area (Å²) in [5.74, 6) is -0.462. The number of fused-ring (bicyclic) bond motifs is 1. The number of rotatable bonds is 6. The molecule has 0 radical (unpaired) electrons. The third kappa shape index (κ3) is 4.18. The third-order valence-corrected chi connectivity index (χ3v) is 5.34. The molecule has 0 unspecified atom stereocenters. The van der Waals surface area contributed by atoms with Crippen LogP contribution in [0.5, 0.6) is 0 Å². The fraction of sp³-hybridized carbons (Fsp3) is 0.0909. The van der Waals surface area contributed by atoms with Crippen LogP contribution < -0.4 is 11.1 Å². The molecule has 0 saturated carbocycles. The zero-order chi connectivity index (χ0) is 21.1. The van der Waals surface area contributed by atoms with Gasteiger partial charge in [-0.15, -0.1) is 10.2 Å². The highest BCUT2D eigenvalue weighted by molar-refractivity contribution is 7.99. The molecule has 1 aromatic heterocycles. The van der Waals surface area contributed by atoms with Crippen LogP contribution in [0.2, 0.25) is 0 Å². The topological polar surface area (TPSA) is 111 Å². The molecule has 0 aliphatic heterocycles. The molecule has 8 heteroatoms. The number of amides is 2. The fourth-order valence-electron chi connectivity index (χ4n) is 3.12. The lowest BCUT2D eigenvalue weighted by Gasteiger charge is -2.10. The number of carbonyl (C=O) groups excluding carboxylic acids is 2. The van der Waals surface area contributed by atoms with Gasteiger partial charge in [-0.2, -0.15) is 0 Å². The van der Waals surface area contributed by atoms with Crippen molar-refractivity contribution in [3.05, 3.63) is 71.8 Å². The van der Waals surface area contributed by atoms with Crippen molar-refractivity contribution in [3.63, 3.8) is 0 Å². The van der Waals surface area contributed by atoms with E-state index >= 15 is 0 Å². The van der Waals surface area contributed by atoms with Gasteiger partial charge in [0.25, 0.3) is 11.1 Å². The molecule has 4 rings (SSSR count). The number of nitrogens with two attached hydrogens (primary N) is 1. The van der Waals surface area contributed by atoms with Crippen molar-refractivity contribution in [2.45, 2.75) is 12.1 Å². The van der Waals surface area contributed by atoms with E-state index < -0.39 is 5.91 Å².